The van der Waals surface area contributed by atoms with Gasteiger partial charge in [-0.05, 0) is 25.1 Å². The van der Waals surface area contributed by atoms with Crippen LogP contribution in [0.1, 0.15) is 11.1 Å². The monoisotopic (exact) mass is 282 g/mol. The van der Waals surface area contributed by atoms with Crippen molar-refractivity contribution in [2.75, 3.05) is 5.32 Å². The van der Waals surface area contributed by atoms with Gasteiger partial charge in [-0.15, -0.1) is 0 Å². The van der Waals surface area contributed by atoms with Crippen LogP contribution < -0.4 is 10.7 Å². The smallest absolute Gasteiger partial charge is 0.318 e. The van der Waals surface area contributed by atoms with Crippen molar-refractivity contribution in [1.82, 2.24) is 10.4 Å². The second-order valence-electron chi connectivity index (χ2n) is 4.31. The highest BCUT2D eigenvalue weighted by molar-refractivity contribution is 6.39. The molecule has 21 heavy (non-hydrogen) atoms. The fraction of sp³-hybridized carbons (Fsp3) is 0.0667. The number of nitrogens with zero attached hydrogens (tertiary/aromatic N) is 2. The third kappa shape index (κ3) is 4.54. The van der Waals surface area contributed by atoms with Crippen molar-refractivity contribution in [2.24, 2.45) is 5.10 Å². The summed E-state index contributed by atoms with van der Waals surface area (Å²) in [7, 11) is 0. The number of hydrazone groups is 1. The minimum Gasteiger partial charge on any atom is -0.318 e. The van der Waals surface area contributed by atoms with Gasteiger partial charge in [-0.1, -0.05) is 23.8 Å². The largest absolute Gasteiger partial charge is 0.329 e. The summed E-state index contributed by atoms with van der Waals surface area (Å²) < 4.78 is 0. The van der Waals surface area contributed by atoms with E-state index in [2.05, 4.69) is 20.8 Å². The standard InChI is InChI=1S/C15H14N4O2/c1-11-4-6-13(7-5-11)18-14(20)15(21)19-17-10-12-3-2-8-16-9-12/h2-10H,1H3,(H,18,20)(H,19,21)/b17-10-. The average Bonchev–Trinajstić information content (AvgIpc) is 2.50. The first kappa shape index (κ1) is 14.4. The van der Waals surface area contributed by atoms with Gasteiger partial charge in [-0.3, -0.25) is 14.6 Å². The zero-order chi connectivity index (χ0) is 15.1. The molecule has 2 rings (SSSR count). The molecule has 0 aliphatic rings. The number of hydrogen-bond donors (Lipinski definition) is 2. The SMILES string of the molecule is Cc1ccc(NC(=O)C(=O)N/N=C\c2cccnc2)cc1. The number of carbonyl (C=O) groups is 2. The molecule has 0 saturated heterocycles. The summed E-state index contributed by atoms with van der Waals surface area (Å²) in [6, 6.07) is 10.6. The molecule has 0 atom stereocenters. The number of carbonyl (C=O) groups excluding carboxylic acids is 2. The number of amides is 2. The molecule has 1 heterocycles. The Labute approximate surface area is 121 Å². The molecule has 1 aromatic heterocycles. The Bertz CT molecular complexity index is 651. The van der Waals surface area contributed by atoms with E-state index in [9.17, 15) is 9.59 Å². The number of pyridine rings is 1. The van der Waals surface area contributed by atoms with Crippen molar-refractivity contribution < 1.29 is 9.59 Å². The highest BCUT2D eigenvalue weighted by atomic mass is 16.2. The van der Waals surface area contributed by atoms with Crippen LogP contribution in [0.5, 0.6) is 0 Å². The van der Waals surface area contributed by atoms with Crippen molar-refractivity contribution in [3.63, 3.8) is 0 Å². The van der Waals surface area contributed by atoms with E-state index in [1.165, 1.54) is 6.21 Å². The van der Waals surface area contributed by atoms with Crippen LogP contribution in [0.15, 0.2) is 53.9 Å². The summed E-state index contributed by atoms with van der Waals surface area (Å²) in [5.74, 6) is -1.61. The zero-order valence-electron chi connectivity index (χ0n) is 11.4. The van der Waals surface area contributed by atoms with Crippen LogP contribution >= 0.6 is 0 Å². The number of aryl methyl sites for hydroxylation is 1. The summed E-state index contributed by atoms with van der Waals surface area (Å²) in [6.07, 6.45) is 4.62. The molecule has 0 aliphatic carbocycles. The number of aromatic nitrogens is 1. The first-order chi connectivity index (χ1) is 10.1. The minimum atomic E-state index is -0.837. The fourth-order valence-electron chi connectivity index (χ4n) is 1.49. The lowest BCUT2D eigenvalue weighted by atomic mass is 10.2. The van der Waals surface area contributed by atoms with E-state index in [0.29, 0.717) is 5.69 Å². The van der Waals surface area contributed by atoms with Gasteiger partial charge in [0.25, 0.3) is 0 Å². The molecule has 0 bridgehead atoms. The second kappa shape index (κ2) is 6.95. The number of nitrogens with one attached hydrogen (secondary N) is 2. The van der Waals surface area contributed by atoms with E-state index in [1.807, 2.05) is 19.1 Å². The number of hydrogen-bond acceptors (Lipinski definition) is 4. The molecule has 6 heteroatoms. The van der Waals surface area contributed by atoms with Crippen LogP contribution in [0.25, 0.3) is 0 Å². The van der Waals surface area contributed by atoms with Crippen molar-refractivity contribution in [1.29, 1.82) is 0 Å². The number of rotatable bonds is 3. The van der Waals surface area contributed by atoms with Crippen LogP contribution in [0.3, 0.4) is 0 Å². The van der Waals surface area contributed by atoms with Gasteiger partial charge < -0.3 is 5.32 Å². The van der Waals surface area contributed by atoms with Gasteiger partial charge in [0.05, 0.1) is 6.21 Å². The van der Waals surface area contributed by atoms with Gasteiger partial charge in [-0.2, -0.15) is 5.10 Å². The minimum absolute atomic E-state index is 0.553. The first-order valence-electron chi connectivity index (χ1n) is 6.26. The molecule has 106 valence electrons. The molecule has 0 unspecified atom stereocenters. The number of benzene rings is 1. The van der Waals surface area contributed by atoms with Crippen LogP contribution in [0, 0.1) is 6.92 Å². The van der Waals surface area contributed by atoms with E-state index < -0.39 is 11.8 Å². The highest BCUT2D eigenvalue weighted by Gasteiger charge is 2.12. The molecule has 1 aromatic carbocycles. The van der Waals surface area contributed by atoms with Crippen LogP contribution in [0.2, 0.25) is 0 Å². The summed E-state index contributed by atoms with van der Waals surface area (Å²) >= 11 is 0. The second-order valence-corrected chi connectivity index (χ2v) is 4.31. The van der Waals surface area contributed by atoms with Gasteiger partial charge in [0.1, 0.15) is 0 Å². The van der Waals surface area contributed by atoms with Gasteiger partial charge in [0.2, 0.25) is 0 Å². The van der Waals surface area contributed by atoms with E-state index in [4.69, 9.17) is 0 Å². The Balaban J connectivity index is 1.87. The van der Waals surface area contributed by atoms with E-state index >= 15 is 0 Å². The van der Waals surface area contributed by atoms with Crippen LogP contribution in [0.4, 0.5) is 5.69 Å². The van der Waals surface area contributed by atoms with Gasteiger partial charge in [-0.25, -0.2) is 5.43 Å². The average molecular weight is 282 g/mol. The molecular weight excluding hydrogens is 268 g/mol. The van der Waals surface area contributed by atoms with Crippen molar-refractivity contribution in [3.8, 4) is 0 Å². The maximum Gasteiger partial charge on any atom is 0.329 e. The fourth-order valence-corrected chi connectivity index (χ4v) is 1.49. The van der Waals surface area contributed by atoms with Crippen LogP contribution in [-0.2, 0) is 9.59 Å². The van der Waals surface area contributed by atoms with Crippen molar-refractivity contribution >= 4 is 23.7 Å². The van der Waals surface area contributed by atoms with E-state index in [-0.39, 0.29) is 0 Å². The third-order valence-electron chi connectivity index (χ3n) is 2.58. The molecule has 0 aliphatic heterocycles. The lowest BCUT2D eigenvalue weighted by Crippen LogP contribution is -2.32. The predicted octanol–water partition coefficient (Wildman–Crippen LogP) is 1.48. The summed E-state index contributed by atoms with van der Waals surface area (Å²) in [5, 5.41) is 6.17. The van der Waals surface area contributed by atoms with Gasteiger partial charge in [0, 0.05) is 23.6 Å². The van der Waals surface area contributed by atoms with Gasteiger partial charge in [0.15, 0.2) is 0 Å². The summed E-state index contributed by atoms with van der Waals surface area (Å²) in [4.78, 5) is 27.1. The predicted molar refractivity (Wildman–Crippen MR) is 79.8 cm³/mol. The lowest BCUT2D eigenvalue weighted by molar-refractivity contribution is -0.136. The molecule has 0 radical (unpaired) electrons. The molecule has 2 amide bonds. The zero-order valence-corrected chi connectivity index (χ0v) is 11.4. The Morgan fingerprint density at radius 1 is 1.14 bits per heavy atom. The van der Waals surface area contributed by atoms with Gasteiger partial charge >= 0.3 is 11.8 Å². The molecule has 0 fully saturated rings. The third-order valence-corrected chi connectivity index (χ3v) is 2.58. The molecule has 2 N–H and O–H groups in total. The normalized spacial score (nSPS) is 10.3. The molecule has 0 saturated carbocycles. The molecule has 0 spiro atoms. The summed E-state index contributed by atoms with van der Waals surface area (Å²) in [6.45, 7) is 1.94. The molecule has 6 nitrogen and oxygen atoms in total. The van der Waals surface area contributed by atoms with Crippen LogP contribution in [-0.4, -0.2) is 23.0 Å². The van der Waals surface area contributed by atoms with Crippen molar-refractivity contribution in [2.45, 2.75) is 6.92 Å². The maximum absolute atomic E-state index is 11.6. The Kier molecular flexibility index (Phi) is 4.76. The van der Waals surface area contributed by atoms with E-state index in [0.717, 1.165) is 11.1 Å². The Morgan fingerprint density at radius 3 is 2.57 bits per heavy atom. The maximum atomic E-state index is 11.6. The lowest BCUT2D eigenvalue weighted by Gasteiger charge is -2.03. The quantitative estimate of drug-likeness (QED) is 0.508. The molecule has 2 aromatic rings. The Morgan fingerprint density at radius 2 is 1.90 bits per heavy atom. The summed E-state index contributed by atoms with van der Waals surface area (Å²) in [5.41, 5.74) is 4.49. The Hall–Kier alpha value is -3.02. The first-order valence-corrected chi connectivity index (χ1v) is 6.26. The highest BCUT2D eigenvalue weighted by Crippen LogP contribution is 2.08. The topological polar surface area (TPSA) is 83.5 Å². The molecular formula is C15H14N4O2. The van der Waals surface area contributed by atoms with E-state index in [1.54, 1.807) is 36.7 Å². The van der Waals surface area contributed by atoms with Crippen molar-refractivity contribution in [3.05, 3.63) is 59.9 Å². The number of anilines is 1.